The van der Waals surface area contributed by atoms with Crippen LogP contribution < -0.4 is 0 Å². The van der Waals surface area contributed by atoms with E-state index in [9.17, 15) is 0 Å². The van der Waals surface area contributed by atoms with Gasteiger partial charge in [-0.3, -0.25) is 0 Å². The molecule has 0 saturated heterocycles. The molecule has 0 N–H and O–H groups in total. The van der Waals surface area contributed by atoms with Gasteiger partial charge in [0.1, 0.15) is 5.58 Å². The average molecular weight is 720 g/mol. The third-order valence-electron chi connectivity index (χ3n) is 11.0. The average Bonchev–Trinajstić information content (AvgIpc) is 3.93. The normalized spacial score (nSPS) is 12.0. The fourth-order valence-corrected chi connectivity index (χ4v) is 9.73. The van der Waals surface area contributed by atoms with Gasteiger partial charge in [0, 0.05) is 58.2 Å². The summed E-state index contributed by atoms with van der Waals surface area (Å²) in [6.07, 6.45) is 0. The fraction of sp³-hybridized carbons (Fsp3) is 0. The Morgan fingerprint density at radius 1 is 0.455 bits per heavy atom. The van der Waals surface area contributed by atoms with Crippen molar-refractivity contribution < 1.29 is 4.42 Å². The Bertz CT molecular complexity index is 3480. The summed E-state index contributed by atoms with van der Waals surface area (Å²) in [5, 5.41) is 8.28. The molecule has 0 aliphatic heterocycles. The topological polar surface area (TPSA) is 43.9 Å². The molecule has 4 heterocycles. The van der Waals surface area contributed by atoms with Crippen molar-refractivity contribution in [2.45, 2.75) is 0 Å². The summed E-state index contributed by atoms with van der Waals surface area (Å²) >= 11 is 1.87. The Hall–Kier alpha value is -7.08. The van der Waals surface area contributed by atoms with E-state index in [2.05, 4.69) is 162 Å². The second-order valence-corrected chi connectivity index (χ2v) is 15.2. The molecular formula is C50H29N3OS. The molecule has 0 bridgehead atoms. The van der Waals surface area contributed by atoms with E-state index in [-0.39, 0.29) is 0 Å². The monoisotopic (exact) mass is 719 g/mol. The van der Waals surface area contributed by atoms with Crippen molar-refractivity contribution in [3.8, 4) is 39.5 Å². The van der Waals surface area contributed by atoms with Gasteiger partial charge in [0.25, 0.3) is 0 Å². The zero-order valence-electron chi connectivity index (χ0n) is 29.4. The number of hydrogen-bond acceptors (Lipinski definition) is 4. The molecular weight excluding hydrogens is 691 g/mol. The molecule has 12 rings (SSSR count). The van der Waals surface area contributed by atoms with Crippen LogP contribution in [0.15, 0.2) is 180 Å². The molecule has 0 amide bonds. The number of thiophene rings is 1. The molecule has 0 unspecified atom stereocenters. The first-order chi connectivity index (χ1) is 27.3. The summed E-state index contributed by atoms with van der Waals surface area (Å²) in [6, 6.07) is 62.2. The Morgan fingerprint density at radius 2 is 1.15 bits per heavy atom. The highest BCUT2D eigenvalue weighted by atomic mass is 32.1. The van der Waals surface area contributed by atoms with Crippen LogP contribution in [0.4, 0.5) is 0 Å². The predicted molar refractivity (Wildman–Crippen MR) is 230 cm³/mol. The zero-order valence-corrected chi connectivity index (χ0v) is 30.2. The Balaban J connectivity index is 1.02. The van der Waals surface area contributed by atoms with Gasteiger partial charge in [-0.2, -0.15) is 0 Å². The van der Waals surface area contributed by atoms with Crippen LogP contribution in [0.3, 0.4) is 0 Å². The van der Waals surface area contributed by atoms with E-state index >= 15 is 0 Å². The van der Waals surface area contributed by atoms with Gasteiger partial charge in [0.05, 0.1) is 27.9 Å². The second kappa shape index (κ2) is 11.7. The van der Waals surface area contributed by atoms with Crippen LogP contribution in [-0.2, 0) is 0 Å². The van der Waals surface area contributed by atoms with Crippen LogP contribution in [0.1, 0.15) is 0 Å². The number of furan rings is 1. The largest absolute Gasteiger partial charge is 0.454 e. The summed E-state index contributed by atoms with van der Waals surface area (Å²) in [5.74, 6) is 0.665. The van der Waals surface area contributed by atoms with Crippen molar-refractivity contribution in [1.82, 2.24) is 14.5 Å². The number of hydrogen-bond donors (Lipinski definition) is 0. The minimum Gasteiger partial charge on any atom is -0.454 e. The van der Waals surface area contributed by atoms with Gasteiger partial charge in [-0.15, -0.1) is 11.3 Å². The molecule has 5 heteroatoms. The van der Waals surface area contributed by atoms with E-state index in [1.54, 1.807) is 0 Å². The molecule has 8 aromatic carbocycles. The highest BCUT2D eigenvalue weighted by Crippen LogP contribution is 2.45. The Labute approximate surface area is 319 Å². The van der Waals surface area contributed by atoms with Gasteiger partial charge in [0.15, 0.2) is 11.4 Å². The third-order valence-corrected chi connectivity index (χ3v) is 12.2. The predicted octanol–water partition coefficient (Wildman–Crippen LogP) is 14.0. The standard InChI is InChI=1S/C50H29N3OS/c1-2-11-30(12-3-1)31-21-23-32(24-22-31)47-38-14-4-7-17-40(38)51-50(52-47)33-25-26-34-36-16-10-19-43(48(36)54-44(34)29-33)53-41-18-8-5-15-39(41)46-42(53)28-27-37-35-13-6-9-20-45(35)55-49(37)46/h1-29H. The van der Waals surface area contributed by atoms with Crippen LogP contribution in [0.2, 0.25) is 0 Å². The van der Waals surface area contributed by atoms with Crippen LogP contribution in [-0.4, -0.2) is 14.5 Å². The van der Waals surface area contributed by atoms with E-state index in [1.807, 2.05) is 29.5 Å². The lowest BCUT2D eigenvalue weighted by atomic mass is 10.0. The highest BCUT2D eigenvalue weighted by molar-refractivity contribution is 7.26. The first-order valence-electron chi connectivity index (χ1n) is 18.5. The van der Waals surface area contributed by atoms with Gasteiger partial charge in [-0.05, 0) is 53.6 Å². The lowest BCUT2D eigenvalue weighted by Crippen LogP contribution is -1.95. The van der Waals surface area contributed by atoms with Gasteiger partial charge < -0.3 is 8.98 Å². The van der Waals surface area contributed by atoms with Gasteiger partial charge in [0.2, 0.25) is 0 Å². The molecule has 0 atom stereocenters. The Morgan fingerprint density at radius 3 is 2.04 bits per heavy atom. The molecule has 0 spiro atoms. The van der Waals surface area contributed by atoms with Gasteiger partial charge in [-0.25, -0.2) is 9.97 Å². The quantitative estimate of drug-likeness (QED) is 0.182. The fourth-order valence-electron chi connectivity index (χ4n) is 8.47. The van der Waals surface area contributed by atoms with Gasteiger partial charge in [-0.1, -0.05) is 133 Å². The molecule has 256 valence electrons. The zero-order chi connectivity index (χ0) is 36.0. The maximum atomic E-state index is 6.89. The molecule has 4 aromatic heterocycles. The summed E-state index contributed by atoms with van der Waals surface area (Å²) in [7, 11) is 0. The molecule has 0 radical (unpaired) electrons. The van der Waals surface area contributed by atoms with Crippen molar-refractivity contribution in [2.24, 2.45) is 0 Å². The summed E-state index contributed by atoms with van der Waals surface area (Å²) in [6.45, 7) is 0. The first kappa shape index (κ1) is 30.4. The van der Waals surface area contributed by atoms with Crippen LogP contribution >= 0.6 is 11.3 Å². The van der Waals surface area contributed by atoms with E-state index < -0.39 is 0 Å². The van der Waals surface area contributed by atoms with Crippen LogP contribution in [0.5, 0.6) is 0 Å². The number of rotatable bonds is 4. The molecule has 0 fully saturated rings. The van der Waals surface area contributed by atoms with Gasteiger partial charge >= 0.3 is 0 Å². The number of nitrogens with zero attached hydrogens (tertiary/aromatic N) is 3. The van der Waals surface area contributed by atoms with Crippen molar-refractivity contribution in [1.29, 1.82) is 0 Å². The van der Waals surface area contributed by atoms with Crippen molar-refractivity contribution in [2.75, 3.05) is 0 Å². The number of aromatic nitrogens is 3. The Kier molecular flexibility index (Phi) is 6.47. The second-order valence-electron chi connectivity index (χ2n) is 14.1. The molecule has 55 heavy (non-hydrogen) atoms. The lowest BCUT2D eigenvalue weighted by molar-refractivity contribution is 0.666. The highest BCUT2D eigenvalue weighted by Gasteiger charge is 2.21. The number of para-hydroxylation sites is 3. The maximum Gasteiger partial charge on any atom is 0.160 e. The van der Waals surface area contributed by atoms with E-state index in [4.69, 9.17) is 14.4 Å². The summed E-state index contributed by atoms with van der Waals surface area (Å²) in [4.78, 5) is 10.3. The van der Waals surface area contributed by atoms with Crippen molar-refractivity contribution in [3.05, 3.63) is 176 Å². The van der Waals surface area contributed by atoms with Crippen molar-refractivity contribution >= 4 is 86.2 Å². The van der Waals surface area contributed by atoms with Crippen LogP contribution in [0, 0.1) is 0 Å². The first-order valence-corrected chi connectivity index (χ1v) is 19.3. The molecule has 4 nitrogen and oxygen atoms in total. The molecule has 0 aliphatic carbocycles. The summed E-state index contributed by atoms with van der Waals surface area (Å²) in [5.41, 5.74) is 11.1. The molecule has 12 aromatic rings. The number of fused-ring (bicyclic) bond motifs is 11. The maximum absolute atomic E-state index is 6.89. The van der Waals surface area contributed by atoms with E-state index in [0.717, 1.165) is 60.9 Å². The SMILES string of the molecule is c1ccc(-c2ccc(-c3nc(-c4ccc5c(c4)oc4c(-n6c7ccccc7c7c8sc9ccccc9c8ccc76)cccc45)nc4ccccc34)cc2)cc1. The number of benzene rings is 8. The molecule has 0 aliphatic rings. The van der Waals surface area contributed by atoms with E-state index in [0.29, 0.717) is 5.82 Å². The molecule has 0 saturated carbocycles. The minimum atomic E-state index is 0.665. The third kappa shape index (κ3) is 4.57. The van der Waals surface area contributed by atoms with E-state index in [1.165, 1.54) is 47.6 Å². The smallest absolute Gasteiger partial charge is 0.160 e. The summed E-state index contributed by atoms with van der Waals surface area (Å²) < 4.78 is 11.9. The van der Waals surface area contributed by atoms with Crippen molar-refractivity contribution in [3.63, 3.8) is 0 Å². The lowest BCUT2D eigenvalue weighted by Gasteiger charge is -2.10. The minimum absolute atomic E-state index is 0.665. The van der Waals surface area contributed by atoms with Crippen LogP contribution in [0.25, 0.3) is 114 Å².